The fourth-order valence-corrected chi connectivity index (χ4v) is 4.50. The Morgan fingerprint density at radius 3 is 2.60 bits per heavy atom. The Bertz CT molecular complexity index is 431. The molecule has 5 unspecified atom stereocenters. The van der Waals surface area contributed by atoms with Gasteiger partial charge in [-0.05, 0) is 63.2 Å². The van der Waals surface area contributed by atoms with Gasteiger partial charge in [-0.25, -0.2) is 0 Å². The summed E-state index contributed by atoms with van der Waals surface area (Å²) < 4.78 is 11.7. The molecule has 0 radical (unpaired) electrons. The number of ether oxygens (including phenoxy) is 2. The van der Waals surface area contributed by atoms with E-state index in [4.69, 9.17) is 14.7 Å². The minimum Gasteiger partial charge on any atom is -0.353 e. The summed E-state index contributed by atoms with van der Waals surface area (Å²) in [5, 5.41) is 9.11. The van der Waals surface area contributed by atoms with E-state index < -0.39 is 0 Å². The standard InChI is InChI=1S/C17H25NO2/c1-11-12(2)15-9-14(11)13(6-7-18)16(15)10-20-17-5-3-4-8-19-17/h13-17H,3-6,8-10H2,1-2H3. The van der Waals surface area contributed by atoms with Crippen LogP contribution in [0.2, 0.25) is 0 Å². The lowest BCUT2D eigenvalue weighted by Crippen LogP contribution is -2.31. The van der Waals surface area contributed by atoms with Crippen LogP contribution in [0.3, 0.4) is 0 Å². The van der Waals surface area contributed by atoms with E-state index in [9.17, 15) is 0 Å². The lowest BCUT2D eigenvalue weighted by atomic mass is 9.75. The molecular weight excluding hydrogens is 250 g/mol. The Morgan fingerprint density at radius 2 is 1.95 bits per heavy atom. The second-order valence-electron chi connectivity index (χ2n) is 6.63. The molecule has 1 heterocycles. The molecular formula is C17H25NO2. The summed E-state index contributed by atoms with van der Waals surface area (Å²) in [6.45, 7) is 6.13. The average Bonchev–Trinajstić information content (AvgIpc) is 2.96. The maximum Gasteiger partial charge on any atom is 0.157 e. The largest absolute Gasteiger partial charge is 0.353 e. The highest BCUT2D eigenvalue weighted by atomic mass is 16.7. The molecule has 0 aromatic heterocycles. The van der Waals surface area contributed by atoms with Crippen LogP contribution in [-0.4, -0.2) is 19.5 Å². The van der Waals surface area contributed by atoms with E-state index in [2.05, 4.69) is 19.9 Å². The molecule has 2 fully saturated rings. The van der Waals surface area contributed by atoms with Crippen LogP contribution in [0.25, 0.3) is 0 Å². The van der Waals surface area contributed by atoms with E-state index in [0.717, 1.165) is 26.1 Å². The Labute approximate surface area is 121 Å². The van der Waals surface area contributed by atoms with Crippen molar-refractivity contribution >= 4 is 0 Å². The Kier molecular flexibility index (Phi) is 4.14. The van der Waals surface area contributed by atoms with Crippen LogP contribution in [-0.2, 0) is 9.47 Å². The van der Waals surface area contributed by atoms with Gasteiger partial charge in [0.2, 0.25) is 0 Å². The highest BCUT2D eigenvalue weighted by molar-refractivity contribution is 5.29. The predicted octanol–water partition coefficient (Wildman–Crippen LogP) is 3.66. The molecule has 1 saturated carbocycles. The van der Waals surface area contributed by atoms with Crippen LogP contribution in [0, 0.1) is 35.0 Å². The van der Waals surface area contributed by atoms with Crippen molar-refractivity contribution in [3.05, 3.63) is 11.1 Å². The van der Waals surface area contributed by atoms with Crippen LogP contribution >= 0.6 is 0 Å². The zero-order chi connectivity index (χ0) is 14.1. The Balaban J connectivity index is 1.64. The normalized spacial score (nSPS) is 40.1. The molecule has 3 rings (SSSR count). The minimum atomic E-state index is -0.00371. The summed E-state index contributed by atoms with van der Waals surface area (Å²) in [4.78, 5) is 0. The van der Waals surface area contributed by atoms with Crippen LogP contribution in [0.1, 0.15) is 46.0 Å². The first-order valence-corrected chi connectivity index (χ1v) is 7.99. The highest BCUT2D eigenvalue weighted by Crippen LogP contribution is 2.56. The van der Waals surface area contributed by atoms with Crippen LogP contribution in [0.5, 0.6) is 0 Å². The molecule has 2 aliphatic carbocycles. The van der Waals surface area contributed by atoms with Crippen molar-refractivity contribution in [3.8, 4) is 6.07 Å². The van der Waals surface area contributed by atoms with Crippen molar-refractivity contribution in [1.82, 2.24) is 0 Å². The summed E-state index contributed by atoms with van der Waals surface area (Å²) in [6.07, 6.45) is 5.30. The fourth-order valence-electron chi connectivity index (χ4n) is 4.50. The number of nitriles is 1. The molecule has 0 aromatic carbocycles. The molecule has 3 aliphatic rings. The molecule has 1 saturated heterocycles. The molecule has 3 heteroatoms. The van der Waals surface area contributed by atoms with Gasteiger partial charge in [0.15, 0.2) is 6.29 Å². The monoisotopic (exact) mass is 275 g/mol. The predicted molar refractivity (Wildman–Crippen MR) is 76.7 cm³/mol. The van der Waals surface area contributed by atoms with Crippen molar-refractivity contribution < 1.29 is 9.47 Å². The number of nitrogens with zero attached hydrogens (tertiary/aromatic N) is 1. The minimum absolute atomic E-state index is 0.00371. The Morgan fingerprint density at radius 1 is 1.20 bits per heavy atom. The van der Waals surface area contributed by atoms with Crippen LogP contribution < -0.4 is 0 Å². The first kappa shape index (κ1) is 14.1. The van der Waals surface area contributed by atoms with Gasteiger partial charge in [-0.1, -0.05) is 11.1 Å². The third-order valence-electron chi connectivity index (χ3n) is 5.77. The quantitative estimate of drug-likeness (QED) is 0.735. The highest BCUT2D eigenvalue weighted by Gasteiger charge is 2.49. The number of fused-ring (bicyclic) bond motifs is 2. The van der Waals surface area contributed by atoms with Crippen LogP contribution in [0.4, 0.5) is 0 Å². The maximum atomic E-state index is 9.11. The molecule has 0 aromatic rings. The molecule has 110 valence electrons. The second-order valence-corrected chi connectivity index (χ2v) is 6.63. The van der Waals surface area contributed by atoms with Gasteiger partial charge in [-0.15, -0.1) is 0 Å². The van der Waals surface area contributed by atoms with E-state index in [-0.39, 0.29) is 6.29 Å². The average molecular weight is 275 g/mol. The number of hydrogen-bond donors (Lipinski definition) is 0. The van der Waals surface area contributed by atoms with E-state index in [1.54, 1.807) is 11.1 Å². The zero-order valence-corrected chi connectivity index (χ0v) is 12.6. The summed E-state index contributed by atoms with van der Waals surface area (Å²) in [6, 6.07) is 2.39. The third-order valence-corrected chi connectivity index (χ3v) is 5.77. The van der Waals surface area contributed by atoms with Crippen molar-refractivity contribution in [2.24, 2.45) is 23.7 Å². The summed E-state index contributed by atoms with van der Waals surface area (Å²) >= 11 is 0. The van der Waals surface area contributed by atoms with Gasteiger partial charge in [0.25, 0.3) is 0 Å². The SMILES string of the molecule is CC1=C(C)C2CC1C(CC#N)C2COC1CCCCO1. The van der Waals surface area contributed by atoms with Gasteiger partial charge in [0, 0.05) is 13.0 Å². The van der Waals surface area contributed by atoms with E-state index in [1.165, 1.54) is 12.8 Å². The third kappa shape index (κ3) is 2.40. The molecule has 1 aliphatic heterocycles. The summed E-state index contributed by atoms with van der Waals surface area (Å²) in [5.74, 6) is 2.29. The van der Waals surface area contributed by atoms with Gasteiger partial charge >= 0.3 is 0 Å². The van der Waals surface area contributed by atoms with Crippen molar-refractivity contribution in [1.29, 1.82) is 5.26 Å². The fraction of sp³-hybridized carbons (Fsp3) is 0.824. The first-order valence-electron chi connectivity index (χ1n) is 7.99. The molecule has 0 N–H and O–H groups in total. The molecule has 3 nitrogen and oxygen atoms in total. The summed E-state index contributed by atoms with van der Waals surface area (Å²) in [5.41, 5.74) is 3.10. The van der Waals surface area contributed by atoms with E-state index >= 15 is 0 Å². The molecule has 0 spiro atoms. The first-order chi connectivity index (χ1) is 9.72. The molecule has 20 heavy (non-hydrogen) atoms. The zero-order valence-electron chi connectivity index (χ0n) is 12.6. The molecule has 0 amide bonds. The number of rotatable bonds is 4. The van der Waals surface area contributed by atoms with Crippen LogP contribution in [0.15, 0.2) is 11.1 Å². The van der Waals surface area contributed by atoms with Crippen molar-refractivity contribution in [3.63, 3.8) is 0 Å². The molecule has 2 bridgehead atoms. The second kappa shape index (κ2) is 5.87. The summed E-state index contributed by atoms with van der Waals surface area (Å²) in [7, 11) is 0. The lowest BCUT2D eigenvalue weighted by Gasteiger charge is -2.33. The van der Waals surface area contributed by atoms with E-state index in [0.29, 0.717) is 30.1 Å². The topological polar surface area (TPSA) is 42.2 Å². The van der Waals surface area contributed by atoms with Crippen molar-refractivity contribution in [2.75, 3.05) is 13.2 Å². The Hall–Kier alpha value is -0.850. The maximum absolute atomic E-state index is 9.11. The van der Waals surface area contributed by atoms with Gasteiger partial charge in [0.1, 0.15) is 0 Å². The molecule has 5 atom stereocenters. The smallest absolute Gasteiger partial charge is 0.157 e. The lowest BCUT2D eigenvalue weighted by molar-refractivity contribution is -0.172. The van der Waals surface area contributed by atoms with Gasteiger partial charge in [-0.2, -0.15) is 5.26 Å². The van der Waals surface area contributed by atoms with Gasteiger partial charge in [0.05, 0.1) is 12.7 Å². The van der Waals surface area contributed by atoms with Gasteiger partial charge < -0.3 is 9.47 Å². The van der Waals surface area contributed by atoms with Crippen molar-refractivity contribution in [2.45, 2.75) is 52.2 Å². The number of hydrogen-bond acceptors (Lipinski definition) is 3. The van der Waals surface area contributed by atoms with E-state index in [1.807, 2.05) is 0 Å². The van der Waals surface area contributed by atoms with Gasteiger partial charge in [-0.3, -0.25) is 0 Å². The number of allylic oxidation sites excluding steroid dienone is 2.